The smallest absolute Gasteiger partial charge is 0.243 e. The van der Waals surface area contributed by atoms with Crippen molar-refractivity contribution in [3.63, 3.8) is 0 Å². The standard InChI is InChI=1S/C13H18FN7/c1-20(2)12-16-11(19-15)17-13(18-12)21(3)8-9-5-4-6-10(14)7-9/h4-7H,8,15H2,1-3H3,(H,16,17,18,19). The zero-order chi connectivity index (χ0) is 15.4. The number of hydrogen-bond donors (Lipinski definition) is 2. The van der Waals surface area contributed by atoms with E-state index in [1.807, 2.05) is 27.2 Å². The molecule has 0 amide bonds. The number of rotatable bonds is 5. The summed E-state index contributed by atoms with van der Waals surface area (Å²) in [6.07, 6.45) is 0. The van der Waals surface area contributed by atoms with Gasteiger partial charge in [0, 0.05) is 27.7 Å². The van der Waals surface area contributed by atoms with Crippen molar-refractivity contribution < 1.29 is 4.39 Å². The predicted molar refractivity (Wildman–Crippen MR) is 80.5 cm³/mol. The van der Waals surface area contributed by atoms with E-state index < -0.39 is 0 Å². The van der Waals surface area contributed by atoms with Crippen LogP contribution in [0.2, 0.25) is 0 Å². The van der Waals surface area contributed by atoms with E-state index in [1.54, 1.807) is 15.9 Å². The molecule has 0 fully saturated rings. The van der Waals surface area contributed by atoms with Gasteiger partial charge >= 0.3 is 0 Å². The number of nitrogens with two attached hydrogens (primary N) is 1. The fraction of sp³-hybridized carbons (Fsp3) is 0.308. The van der Waals surface area contributed by atoms with Crippen LogP contribution in [0.5, 0.6) is 0 Å². The molecule has 3 N–H and O–H groups in total. The Morgan fingerprint density at radius 3 is 2.48 bits per heavy atom. The van der Waals surface area contributed by atoms with Crippen LogP contribution in [0.25, 0.3) is 0 Å². The fourth-order valence-corrected chi connectivity index (χ4v) is 1.77. The highest BCUT2D eigenvalue weighted by Gasteiger charge is 2.11. The third-order valence-electron chi connectivity index (χ3n) is 2.79. The zero-order valence-corrected chi connectivity index (χ0v) is 12.2. The SMILES string of the molecule is CN(C)c1nc(NN)nc(N(C)Cc2cccc(F)c2)n1. The summed E-state index contributed by atoms with van der Waals surface area (Å²) in [4.78, 5) is 16.2. The lowest BCUT2D eigenvalue weighted by Crippen LogP contribution is -2.24. The Bertz CT molecular complexity index is 617. The van der Waals surface area contributed by atoms with Gasteiger partial charge in [-0.1, -0.05) is 12.1 Å². The zero-order valence-electron chi connectivity index (χ0n) is 12.2. The first-order chi connectivity index (χ1) is 9.99. The molecular formula is C13H18FN7. The lowest BCUT2D eigenvalue weighted by Gasteiger charge is -2.19. The second kappa shape index (κ2) is 6.31. The normalized spacial score (nSPS) is 10.3. The molecule has 0 radical (unpaired) electrons. The predicted octanol–water partition coefficient (Wildman–Crippen LogP) is 0.999. The van der Waals surface area contributed by atoms with E-state index in [9.17, 15) is 4.39 Å². The molecule has 0 bridgehead atoms. The van der Waals surface area contributed by atoms with E-state index >= 15 is 0 Å². The minimum atomic E-state index is -0.269. The number of hydrogen-bond acceptors (Lipinski definition) is 7. The van der Waals surface area contributed by atoms with Gasteiger partial charge in [-0.2, -0.15) is 15.0 Å². The van der Waals surface area contributed by atoms with Crippen LogP contribution in [0.4, 0.5) is 22.2 Å². The van der Waals surface area contributed by atoms with Crippen molar-refractivity contribution in [3.8, 4) is 0 Å². The van der Waals surface area contributed by atoms with Crippen molar-refractivity contribution in [2.45, 2.75) is 6.54 Å². The maximum atomic E-state index is 13.2. The van der Waals surface area contributed by atoms with Crippen LogP contribution in [-0.4, -0.2) is 36.1 Å². The Labute approximate surface area is 122 Å². The monoisotopic (exact) mass is 291 g/mol. The van der Waals surface area contributed by atoms with Crippen molar-refractivity contribution in [1.29, 1.82) is 0 Å². The van der Waals surface area contributed by atoms with Crippen molar-refractivity contribution in [2.24, 2.45) is 5.84 Å². The van der Waals surface area contributed by atoms with Gasteiger partial charge in [0.15, 0.2) is 0 Å². The molecule has 7 nitrogen and oxygen atoms in total. The van der Waals surface area contributed by atoms with Crippen LogP contribution in [0, 0.1) is 5.82 Å². The van der Waals surface area contributed by atoms with Crippen molar-refractivity contribution in [3.05, 3.63) is 35.6 Å². The van der Waals surface area contributed by atoms with Gasteiger partial charge in [-0.05, 0) is 17.7 Å². The largest absolute Gasteiger partial charge is 0.347 e. The summed E-state index contributed by atoms with van der Waals surface area (Å²) in [5, 5.41) is 0. The number of aromatic nitrogens is 3. The number of halogens is 1. The molecule has 0 unspecified atom stereocenters. The van der Waals surface area contributed by atoms with Crippen LogP contribution < -0.4 is 21.1 Å². The van der Waals surface area contributed by atoms with Gasteiger partial charge in [0.1, 0.15) is 5.82 Å². The molecule has 0 spiro atoms. The molecule has 21 heavy (non-hydrogen) atoms. The molecule has 0 aliphatic carbocycles. The summed E-state index contributed by atoms with van der Waals surface area (Å²) in [6, 6.07) is 6.40. The third-order valence-corrected chi connectivity index (χ3v) is 2.79. The number of nitrogens with one attached hydrogen (secondary N) is 1. The highest BCUT2D eigenvalue weighted by atomic mass is 19.1. The lowest BCUT2D eigenvalue weighted by atomic mass is 10.2. The summed E-state index contributed by atoms with van der Waals surface area (Å²) in [5.74, 6) is 6.31. The average Bonchev–Trinajstić information content (AvgIpc) is 2.46. The Kier molecular flexibility index (Phi) is 4.49. The van der Waals surface area contributed by atoms with Crippen molar-refractivity contribution in [1.82, 2.24) is 15.0 Å². The van der Waals surface area contributed by atoms with E-state index in [1.165, 1.54) is 12.1 Å². The van der Waals surface area contributed by atoms with Crippen LogP contribution >= 0.6 is 0 Å². The van der Waals surface area contributed by atoms with Gasteiger partial charge in [-0.15, -0.1) is 0 Å². The van der Waals surface area contributed by atoms with Crippen molar-refractivity contribution >= 4 is 17.8 Å². The topological polar surface area (TPSA) is 83.2 Å². The Morgan fingerprint density at radius 2 is 1.86 bits per heavy atom. The quantitative estimate of drug-likeness (QED) is 0.628. The molecule has 1 heterocycles. The van der Waals surface area contributed by atoms with Gasteiger partial charge in [-0.25, -0.2) is 10.2 Å². The van der Waals surface area contributed by atoms with Crippen LogP contribution in [-0.2, 0) is 6.54 Å². The highest BCUT2D eigenvalue weighted by molar-refractivity contribution is 5.44. The summed E-state index contributed by atoms with van der Waals surface area (Å²) in [5.41, 5.74) is 3.24. The molecular weight excluding hydrogens is 273 g/mol. The molecule has 8 heteroatoms. The van der Waals surface area contributed by atoms with Crippen LogP contribution in [0.15, 0.2) is 24.3 Å². The molecule has 0 aliphatic rings. The van der Waals surface area contributed by atoms with Crippen molar-refractivity contribution in [2.75, 3.05) is 36.4 Å². The van der Waals surface area contributed by atoms with Crippen LogP contribution in [0.1, 0.15) is 5.56 Å². The summed E-state index contributed by atoms with van der Waals surface area (Å²) >= 11 is 0. The number of benzene rings is 1. The third kappa shape index (κ3) is 3.76. The van der Waals surface area contributed by atoms with E-state index in [-0.39, 0.29) is 11.8 Å². The maximum Gasteiger partial charge on any atom is 0.243 e. The highest BCUT2D eigenvalue weighted by Crippen LogP contribution is 2.16. The molecule has 1 aromatic carbocycles. The first-order valence-electron chi connectivity index (χ1n) is 6.35. The number of nitrogen functional groups attached to an aromatic ring is 1. The Hall–Kier alpha value is -2.48. The van der Waals surface area contributed by atoms with E-state index in [2.05, 4.69) is 20.4 Å². The first-order valence-corrected chi connectivity index (χ1v) is 6.35. The first kappa shape index (κ1) is 14.9. The second-order valence-electron chi connectivity index (χ2n) is 4.78. The molecule has 0 saturated heterocycles. The van der Waals surface area contributed by atoms with Gasteiger partial charge in [0.05, 0.1) is 0 Å². The molecule has 2 rings (SSSR count). The van der Waals surface area contributed by atoms with Gasteiger partial charge in [0.2, 0.25) is 17.8 Å². The maximum absolute atomic E-state index is 13.2. The number of nitrogens with zero attached hydrogens (tertiary/aromatic N) is 5. The van der Waals surface area contributed by atoms with Gasteiger partial charge in [0.25, 0.3) is 0 Å². The van der Waals surface area contributed by atoms with E-state index in [0.29, 0.717) is 18.4 Å². The molecule has 0 atom stereocenters. The average molecular weight is 291 g/mol. The summed E-state index contributed by atoms with van der Waals surface area (Å²) < 4.78 is 13.2. The molecule has 112 valence electrons. The minimum Gasteiger partial charge on any atom is -0.347 e. The van der Waals surface area contributed by atoms with Crippen LogP contribution in [0.3, 0.4) is 0 Å². The van der Waals surface area contributed by atoms with Gasteiger partial charge < -0.3 is 9.80 Å². The van der Waals surface area contributed by atoms with E-state index in [0.717, 1.165) is 5.56 Å². The lowest BCUT2D eigenvalue weighted by molar-refractivity contribution is 0.625. The second-order valence-corrected chi connectivity index (χ2v) is 4.78. The minimum absolute atomic E-state index is 0.269. The molecule has 1 aromatic heterocycles. The molecule has 2 aromatic rings. The molecule has 0 saturated carbocycles. The Morgan fingerprint density at radius 1 is 1.14 bits per heavy atom. The number of hydrazine groups is 1. The summed E-state index contributed by atoms with van der Waals surface area (Å²) in [6.45, 7) is 0.471. The Balaban J connectivity index is 2.25. The van der Waals surface area contributed by atoms with E-state index in [4.69, 9.17) is 5.84 Å². The summed E-state index contributed by atoms with van der Waals surface area (Å²) in [7, 11) is 5.47. The fourth-order valence-electron chi connectivity index (χ4n) is 1.77. The molecule has 0 aliphatic heterocycles. The number of anilines is 3. The van der Waals surface area contributed by atoms with Gasteiger partial charge in [-0.3, -0.25) is 5.43 Å².